The van der Waals surface area contributed by atoms with Gasteiger partial charge in [0.2, 0.25) is 0 Å². The molecule has 1 saturated heterocycles. The van der Waals surface area contributed by atoms with Crippen molar-refractivity contribution < 1.29 is 22.7 Å². The molecule has 1 unspecified atom stereocenters. The van der Waals surface area contributed by atoms with Crippen LogP contribution in [0.5, 0.6) is 5.75 Å². The first-order chi connectivity index (χ1) is 14.6. The number of morpholine rings is 1. The molecule has 3 rings (SSSR count). The second kappa shape index (κ2) is 12.8. The van der Waals surface area contributed by atoms with E-state index in [0.717, 1.165) is 24.6 Å². The first-order valence-electron chi connectivity index (χ1n) is 9.92. The summed E-state index contributed by atoms with van der Waals surface area (Å²) in [5.74, 6) is 2.45. The molecule has 1 aliphatic rings. The summed E-state index contributed by atoms with van der Waals surface area (Å²) in [6.45, 7) is 2.93. The van der Waals surface area contributed by atoms with Gasteiger partial charge in [-0.1, -0.05) is 18.2 Å². The maximum absolute atomic E-state index is 12.6. The molecule has 1 aromatic carbocycles. The number of rotatable bonds is 8. The van der Waals surface area contributed by atoms with Gasteiger partial charge in [0, 0.05) is 38.8 Å². The highest BCUT2D eigenvalue weighted by Gasteiger charge is 2.25. The first kappa shape index (κ1) is 25.3. The minimum atomic E-state index is -2.87. The zero-order valence-corrected chi connectivity index (χ0v) is 20.0. The van der Waals surface area contributed by atoms with Crippen LogP contribution in [0, 0.1) is 6.92 Å². The second-order valence-electron chi connectivity index (χ2n) is 6.91. The van der Waals surface area contributed by atoms with E-state index in [1.165, 1.54) is 6.07 Å². The van der Waals surface area contributed by atoms with Gasteiger partial charge >= 0.3 is 6.61 Å². The van der Waals surface area contributed by atoms with Gasteiger partial charge in [-0.2, -0.15) is 8.78 Å². The maximum atomic E-state index is 12.6. The predicted octanol–water partition coefficient (Wildman–Crippen LogP) is 3.55. The maximum Gasteiger partial charge on any atom is 0.387 e. The molecule has 0 radical (unpaired) electrons. The van der Waals surface area contributed by atoms with Crippen LogP contribution in [0.1, 0.15) is 23.1 Å². The van der Waals surface area contributed by atoms with Gasteiger partial charge in [-0.05, 0) is 25.1 Å². The van der Waals surface area contributed by atoms with E-state index in [0.29, 0.717) is 37.8 Å². The molecule has 7 nitrogen and oxygen atoms in total. The molecule has 1 aliphatic heterocycles. The van der Waals surface area contributed by atoms with E-state index in [2.05, 4.69) is 25.3 Å². The Morgan fingerprint density at radius 3 is 2.55 bits per heavy atom. The fourth-order valence-corrected chi connectivity index (χ4v) is 3.39. The zero-order valence-electron chi connectivity index (χ0n) is 17.6. The molecular weight excluding hydrogens is 521 g/mol. The monoisotopic (exact) mass is 550 g/mol. The highest BCUT2D eigenvalue weighted by Crippen LogP contribution is 2.23. The SMILES string of the molecule is CN=C(NCc1ccccc1OC(F)F)NCC(c1ccc(C)o1)N1CCOCC1.I. The summed E-state index contributed by atoms with van der Waals surface area (Å²) in [6.07, 6.45) is 0. The van der Waals surface area contributed by atoms with Crippen molar-refractivity contribution in [3.63, 3.8) is 0 Å². The summed E-state index contributed by atoms with van der Waals surface area (Å²) in [5.41, 5.74) is 0.618. The van der Waals surface area contributed by atoms with Crippen molar-refractivity contribution in [2.24, 2.45) is 4.99 Å². The standard InChI is InChI=1S/C21H28F2N4O3.HI/c1-15-7-8-19(29-15)17(27-9-11-28-12-10-27)14-26-21(24-2)25-13-16-5-3-4-6-18(16)30-20(22)23;/h3-8,17,20H,9-14H2,1-2H3,(H2,24,25,26);1H. The number of ether oxygens (including phenoxy) is 2. The van der Waals surface area contributed by atoms with Crippen molar-refractivity contribution in [3.05, 3.63) is 53.5 Å². The minimum absolute atomic E-state index is 0. The third-order valence-corrected chi connectivity index (χ3v) is 4.90. The van der Waals surface area contributed by atoms with Crippen molar-refractivity contribution >= 4 is 29.9 Å². The van der Waals surface area contributed by atoms with Crippen molar-refractivity contribution in [2.75, 3.05) is 39.9 Å². The third-order valence-electron chi connectivity index (χ3n) is 4.90. The number of hydrogen-bond acceptors (Lipinski definition) is 5. The predicted molar refractivity (Wildman–Crippen MR) is 125 cm³/mol. The molecule has 172 valence electrons. The fourth-order valence-electron chi connectivity index (χ4n) is 3.39. The number of para-hydroxylation sites is 1. The molecule has 0 bridgehead atoms. The van der Waals surface area contributed by atoms with Gasteiger partial charge in [0.1, 0.15) is 17.3 Å². The van der Waals surface area contributed by atoms with Crippen molar-refractivity contribution in [2.45, 2.75) is 26.1 Å². The average Bonchev–Trinajstić information content (AvgIpc) is 3.17. The molecule has 1 aromatic heterocycles. The molecule has 2 aromatic rings. The van der Waals surface area contributed by atoms with E-state index < -0.39 is 6.61 Å². The Morgan fingerprint density at radius 2 is 1.90 bits per heavy atom. The number of aliphatic imine (C=N–C) groups is 1. The smallest absolute Gasteiger partial charge is 0.387 e. The molecule has 0 amide bonds. The van der Waals surface area contributed by atoms with E-state index in [4.69, 9.17) is 9.15 Å². The van der Waals surface area contributed by atoms with E-state index >= 15 is 0 Å². The van der Waals surface area contributed by atoms with Crippen LogP contribution in [0.25, 0.3) is 0 Å². The Balaban J connectivity index is 0.00000341. The van der Waals surface area contributed by atoms with Gasteiger partial charge in [-0.15, -0.1) is 24.0 Å². The fraction of sp³-hybridized carbons (Fsp3) is 0.476. The Bertz CT molecular complexity index is 828. The molecule has 31 heavy (non-hydrogen) atoms. The van der Waals surface area contributed by atoms with Crippen LogP contribution in [-0.2, 0) is 11.3 Å². The number of furan rings is 1. The number of hydrogen-bond donors (Lipinski definition) is 2. The Hall–Kier alpha value is -1.92. The highest BCUT2D eigenvalue weighted by molar-refractivity contribution is 14.0. The van der Waals surface area contributed by atoms with Gasteiger partial charge < -0.3 is 24.5 Å². The number of guanidine groups is 1. The Kier molecular flexibility index (Phi) is 10.5. The van der Waals surface area contributed by atoms with Crippen molar-refractivity contribution in [3.8, 4) is 5.75 Å². The summed E-state index contributed by atoms with van der Waals surface area (Å²) < 4.78 is 41.2. The Morgan fingerprint density at radius 1 is 1.16 bits per heavy atom. The van der Waals surface area contributed by atoms with E-state index in [9.17, 15) is 8.78 Å². The molecule has 1 fully saturated rings. The number of benzene rings is 1. The number of alkyl halides is 2. The van der Waals surface area contributed by atoms with Crippen LogP contribution in [0.4, 0.5) is 8.78 Å². The van der Waals surface area contributed by atoms with Crippen LogP contribution in [0.3, 0.4) is 0 Å². The summed E-state index contributed by atoms with van der Waals surface area (Å²) in [5, 5.41) is 6.47. The van der Waals surface area contributed by atoms with Gasteiger partial charge in [0.05, 0.1) is 19.3 Å². The molecule has 2 heterocycles. The molecule has 10 heteroatoms. The van der Waals surface area contributed by atoms with Gasteiger partial charge in [-0.25, -0.2) is 0 Å². The topological polar surface area (TPSA) is 71.3 Å². The number of nitrogens with zero attached hydrogens (tertiary/aromatic N) is 2. The van der Waals surface area contributed by atoms with Crippen molar-refractivity contribution in [1.29, 1.82) is 0 Å². The summed E-state index contributed by atoms with van der Waals surface area (Å²) >= 11 is 0. The van der Waals surface area contributed by atoms with E-state index in [1.807, 2.05) is 19.1 Å². The van der Waals surface area contributed by atoms with E-state index in [-0.39, 0.29) is 35.8 Å². The van der Waals surface area contributed by atoms with Crippen LogP contribution < -0.4 is 15.4 Å². The summed E-state index contributed by atoms with van der Waals surface area (Å²) in [6, 6.07) is 10.7. The van der Waals surface area contributed by atoms with Crippen LogP contribution in [0.2, 0.25) is 0 Å². The molecule has 0 aliphatic carbocycles. The number of aryl methyl sites for hydroxylation is 1. The number of nitrogens with one attached hydrogen (secondary N) is 2. The zero-order chi connectivity index (χ0) is 21.3. The minimum Gasteiger partial charge on any atom is -0.465 e. The Labute approximate surface area is 198 Å². The molecule has 1 atom stereocenters. The van der Waals surface area contributed by atoms with Gasteiger partial charge in [-0.3, -0.25) is 9.89 Å². The summed E-state index contributed by atoms with van der Waals surface area (Å²) in [7, 11) is 1.66. The largest absolute Gasteiger partial charge is 0.465 e. The van der Waals surface area contributed by atoms with Crippen molar-refractivity contribution in [1.82, 2.24) is 15.5 Å². The lowest BCUT2D eigenvalue weighted by Crippen LogP contribution is -2.46. The lowest BCUT2D eigenvalue weighted by Gasteiger charge is -2.33. The molecule has 0 spiro atoms. The quantitative estimate of drug-likeness (QED) is 0.298. The highest BCUT2D eigenvalue weighted by atomic mass is 127. The van der Waals surface area contributed by atoms with Crippen LogP contribution in [-0.4, -0.2) is 57.4 Å². The van der Waals surface area contributed by atoms with Gasteiger partial charge in [0.15, 0.2) is 5.96 Å². The molecule has 2 N–H and O–H groups in total. The second-order valence-corrected chi connectivity index (χ2v) is 6.91. The normalized spacial score (nSPS) is 16.0. The van der Waals surface area contributed by atoms with Gasteiger partial charge in [0.25, 0.3) is 0 Å². The first-order valence-corrected chi connectivity index (χ1v) is 9.92. The van der Waals surface area contributed by atoms with Crippen LogP contribution in [0.15, 0.2) is 45.8 Å². The average molecular weight is 550 g/mol. The van der Waals surface area contributed by atoms with Crippen LogP contribution >= 0.6 is 24.0 Å². The lowest BCUT2D eigenvalue weighted by atomic mass is 10.1. The number of halogens is 3. The third kappa shape index (κ3) is 7.62. The van der Waals surface area contributed by atoms with E-state index in [1.54, 1.807) is 25.2 Å². The lowest BCUT2D eigenvalue weighted by molar-refractivity contribution is -0.0504. The summed E-state index contributed by atoms with van der Waals surface area (Å²) in [4.78, 5) is 6.55. The molecular formula is C21H29F2IN4O3. The molecule has 0 saturated carbocycles.